The molecule has 78 valence electrons. The smallest absolute Gasteiger partial charge is 0.229 e. The predicted octanol–water partition coefficient (Wildman–Crippen LogP) is -0.253. The minimum atomic E-state index is 0.00260. The molecule has 1 fully saturated rings. The molecule has 4 nitrogen and oxygen atoms in total. The Hall–Kier alpha value is -0.870. The molecule has 1 aliphatic carbocycles. The molecule has 2 rings (SSSR count). The van der Waals surface area contributed by atoms with E-state index in [9.17, 15) is 4.79 Å². The van der Waals surface area contributed by atoms with Gasteiger partial charge in [-0.15, -0.1) is 0 Å². The highest BCUT2D eigenvalue weighted by Gasteiger charge is 2.35. The lowest BCUT2D eigenvalue weighted by Crippen LogP contribution is -2.55. The Labute approximate surface area is 83.7 Å². The summed E-state index contributed by atoms with van der Waals surface area (Å²) in [5, 5.41) is 0. The first-order valence-electron chi connectivity index (χ1n) is 4.96. The quantitative estimate of drug-likeness (QED) is 0.619. The topological polar surface area (TPSA) is 55.6 Å². The van der Waals surface area contributed by atoms with Gasteiger partial charge >= 0.3 is 0 Å². The van der Waals surface area contributed by atoms with Crippen molar-refractivity contribution < 1.29 is 9.53 Å². The summed E-state index contributed by atoms with van der Waals surface area (Å²) in [5.41, 5.74) is 5.69. The maximum Gasteiger partial charge on any atom is 0.229 e. The standard InChI is InChI=1S/C10H16N2O2/c1-14-9-5-12(6-9)10(13)7-2-3-8(11)4-7/h2-3,7-9H,4-6,11H2,1H3. The molecule has 2 atom stereocenters. The molecule has 2 unspecified atom stereocenters. The summed E-state index contributed by atoms with van der Waals surface area (Å²) in [6, 6.07) is 0.0587. The SMILES string of the molecule is COC1CN(C(=O)C2C=CC(N)C2)C1. The third kappa shape index (κ3) is 1.67. The molecule has 2 N–H and O–H groups in total. The maximum atomic E-state index is 11.8. The molecule has 0 bridgehead atoms. The van der Waals surface area contributed by atoms with Gasteiger partial charge in [0.25, 0.3) is 0 Å². The molecule has 1 heterocycles. The second-order valence-electron chi connectivity index (χ2n) is 3.99. The van der Waals surface area contributed by atoms with Crippen molar-refractivity contribution in [1.29, 1.82) is 0 Å². The lowest BCUT2D eigenvalue weighted by atomic mass is 10.0. The number of nitrogens with two attached hydrogens (primary N) is 1. The molecule has 0 radical (unpaired) electrons. The Morgan fingerprint density at radius 2 is 2.21 bits per heavy atom. The van der Waals surface area contributed by atoms with E-state index in [1.54, 1.807) is 7.11 Å². The number of methoxy groups -OCH3 is 1. The van der Waals surface area contributed by atoms with E-state index in [0.717, 1.165) is 19.5 Å². The first-order chi connectivity index (χ1) is 6.70. The van der Waals surface area contributed by atoms with Gasteiger partial charge in [0.1, 0.15) is 0 Å². The largest absolute Gasteiger partial charge is 0.378 e. The van der Waals surface area contributed by atoms with Crippen molar-refractivity contribution in [3.63, 3.8) is 0 Å². The monoisotopic (exact) mass is 196 g/mol. The van der Waals surface area contributed by atoms with Gasteiger partial charge in [-0.05, 0) is 6.42 Å². The molecular weight excluding hydrogens is 180 g/mol. The summed E-state index contributed by atoms with van der Waals surface area (Å²) in [5.74, 6) is 0.199. The van der Waals surface area contributed by atoms with Crippen molar-refractivity contribution in [3.05, 3.63) is 12.2 Å². The van der Waals surface area contributed by atoms with Crippen LogP contribution in [0.4, 0.5) is 0 Å². The van der Waals surface area contributed by atoms with Crippen LogP contribution in [0.15, 0.2) is 12.2 Å². The summed E-state index contributed by atoms with van der Waals surface area (Å²) < 4.78 is 5.11. The first kappa shape index (κ1) is 9.68. The molecule has 0 aromatic heterocycles. The van der Waals surface area contributed by atoms with Crippen LogP contribution in [0.25, 0.3) is 0 Å². The average Bonchev–Trinajstić information content (AvgIpc) is 2.49. The van der Waals surface area contributed by atoms with Gasteiger partial charge in [0.2, 0.25) is 5.91 Å². The van der Waals surface area contributed by atoms with Gasteiger partial charge in [-0.2, -0.15) is 0 Å². The van der Waals surface area contributed by atoms with Gasteiger partial charge in [0.15, 0.2) is 0 Å². The van der Waals surface area contributed by atoms with E-state index in [2.05, 4.69) is 0 Å². The molecule has 0 aromatic rings. The van der Waals surface area contributed by atoms with Gasteiger partial charge < -0.3 is 15.4 Å². The van der Waals surface area contributed by atoms with Crippen LogP contribution < -0.4 is 5.73 Å². The zero-order chi connectivity index (χ0) is 10.1. The molecule has 4 heteroatoms. The molecule has 1 aliphatic heterocycles. The van der Waals surface area contributed by atoms with Crippen molar-refractivity contribution in [2.45, 2.75) is 18.6 Å². The Kier molecular flexibility index (Phi) is 2.56. The van der Waals surface area contributed by atoms with E-state index >= 15 is 0 Å². The second-order valence-corrected chi connectivity index (χ2v) is 3.99. The van der Waals surface area contributed by atoms with Crippen LogP contribution in [-0.2, 0) is 9.53 Å². The van der Waals surface area contributed by atoms with Crippen LogP contribution in [0.3, 0.4) is 0 Å². The molecule has 1 amide bonds. The normalized spacial score (nSPS) is 32.0. The third-order valence-corrected chi connectivity index (χ3v) is 2.93. The van der Waals surface area contributed by atoms with E-state index in [1.807, 2.05) is 17.1 Å². The van der Waals surface area contributed by atoms with Crippen molar-refractivity contribution >= 4 is 5.91 Å². The highest BCUT2D eigenvalue weighted by atomic mass is 16.5. The number of nitrogens with zero attached hydrogens (tertiary/aromatic N) is 1. The molecule has 0 spiro atoms. The highest BCUT2D eigenvalue weighted by molar-refractivity contribution is 5.82. The van der Waals surface area contributed by atoms with Gasteiger partial charge in [-0.1, -0.05) is 12.2 Å². The minimum Gasteiger partial charge on any atom is -0.378 e. The lowest BCUT2D eigenvalue weighted by molar-refractivity contribution is -0.145. The zero-order valence-corrected chi connectivity index (χ0v) is 8.35. The van der Waals surface area contributed by atoms with E-state index in [-0.39, 0.29) is 24.0 Å². The van der Waals surface area contributed by atoms with Crippen molar-refractivity contribution in [1.82, 2.24) is 4.90 Å². The van der Waals surface area contributed by atoms with Crippen molar-refractivity contribution in [2.75, 3.05) is 20.2 Å². The predicted molar refractivity (Wildman–Crippen MR) is 52.6 cm³/mol. The summed E-state index contributed by atoms with van der Waals surface area (Å²) in [7, 11) is 1.68. The van der Waals surface area contributed by atoms with Crippen LogP contribution in [0, 0.1) is 5.92 Å². The van der Waals surface area contributed by atoms with Gasteiger partial charge in [-0.25, -0.2) is 0 Å². The van der Waals surface area contributed by atoms with Gasteiger partial charge in [-0.3, -0.25) is 4.79 Å². The van der Waals surface area contributed by atoms with E-state index in [1.165, 1.54) is 0 Å². The van der Waals surface area contributed by atoms with Crippen LogP contribution in [0.1, 0.15) is 6.42 Å². The number of carbonyl (C=O) groups is 1. The summed E-state index contributed by atoms with van der Waals surface area (Å²) in [6.45, 7) is 1.46. The average molecular weight is 196 g/mol. The fourth-order valence-electron chi connectivity index (χ4n) is 1.91. The van der Waals surface area contributed by atoms with Crippen LogP contribution in [0.2, 0.25) is 0 Å². The Bertz CT molecular complexity index is 259. The summed E-state index contributed by atoms with van der Waals surface area (Å²) >= 11 is 0. The van der Waals surface area contributed by atoms with Crippen molar-refractivity contribution in [3.8, 4) is 0 Å². The zero-order valence-electron chi connectivity index (χ0n) is 8.35. The third-order valence-electron chi connectivity index (χ3n) is 2.93. The second kappa shape index (κ2) is 3.71. The number of amides is 1. The molecule has 1 saturated heterocycles. The van der Waals surface area contributed by atoms with E-state index in [4.69, 9.17) is 10.5 Å². The maximum absolute atomic E-state index is 11.8. The minimum absolute atomic E-state index is 0.00260. The summed E-state index contributed by atoms with van der Waals surface area (Å²) in [4.78, 5) is 13.6. The van der Waals surface area contributed by atoms with Crippen LogP contribution in [-0.4, -0.2) is 43.2 Å². The number of likely N-dealkylation sites (tertiary alicyclic amines) is 1. The number of carbonyl (C=O) groups excluding carboxylic acids is 1. The van der Waals surface area contributed by atoms with Gasteiger partial charge in [0, 0.05) is 26.2 Å². The molecular formula is C10H16N2O2. The molecule has 0 aromatic carbocycles. The summed E-state index contributed by atoms with van der Waals surface area (Å²) in [6.07, 6.45) is 4.83. The highest BCUT2D eigenvalue weighted by Crippen LogP contribution is 2.22. The van der Waals surface area contributed by atoms with E-state index in [0.29, 0.717) is 0 Å². The fraction of sp³-hybridized carbons (Fsp3) is 0.700. The molecule has 14 heavy (non-hydrogen) atoms. The van der Waals surface area contributed by atoms with Crippen LogP contribution >= 0.6 is 0 Å². The van der Waals surface area contributed by atoms with E-state index < -0.39 is 0 Å². The number of ether oxygens (including phenoxy) is 1. The molecule has 0 saturated carbocycles. The first-order valence-corrected chi connectivity index (χ1v) is 4.96. The van der Waals surface area contributed by atoms with Gasteiger partial charge in [0.05, 0.1) is 12.0 Å². The van der Waals surface area contributed by atoms with Crippen molar-refractivity contribution in [2.24, 2.45) is 11.7 Å². The fourth-order valence-corrected chi connectivity index (χ4v) is 1.91. The number of hydrogen-bond acceptors (Lipinski definition) is 3. The Morgan fingerprint density at radius 3 is 2.71 bits per heavy atom. The Balaban J connectivity index is 1.83. The Morgan fingerprint density at radius 1 is 1.50 bits per heavy atom. The number of rotatable bonds is 2. The lowest BCUT2D eigenvalue weighted by Gasteiger charge is -2.39. The molecule has 2 aliphatic rings. The van der Waals surface area contributed by atoms with Crippen LogP contribution in [0.5, 0.6) is 0 Å². The number of hydrogen-bond donors (Lipinski definition) is 1.